The minimum Gasteiger partial charge on any atom is -0.370 e. The number of fused-ring (bicyclic) bond motifs is 1. The van der Waals surface area contributed by atoms with E-state index >= 15 is 0 Å². The number of nitrogens with one attached hydrogen (secondary N) is 1. The Morgan fingerprint density at radius 2 is 1.92 bits per heavy atom. The van der Waals surface area contributed by atoms with Gasteiger partial charge < -0.3 is 5.32 Å². The maximum atomic E-state index is 4.97. The van der Waals surface area contributed by atoms with Crippen LogP contribution in [0.15, 0.2) is 58.9 Å². The van der Waals surface area contributed by atoms with Gasteiger partial charge in [0.15, 0.2) is 0 Å². The Morgan fingerprint density at radius 1 is 1.08 bits per heavy atom. The van der Waals surface area contributed by atoms with Crippen LogP contribution in [0.4, 0.5) is 0 Å². The maximum absolute atomic E-state index is 4.97. The van der Waals surface area contributed by atoms with Crippen LogP contribution in [0.3, 0.4) is 0 Å². The van der Waals surface area contributed by atoms with E-state index in [1.54, 1.807) is 11.3 Å². The van der Waals surface area contributed by atoms with E-state index in [1.165, 1.54) is 26.8 Å². The van der Waals surface area contributed by atoms with Gasteiger partial charge in [-0.2, -0.15) is 12.6 Å². The van der Waals surface area contributed by atoms with E-state index in [1.807, 2.05) is 0 Å². The maximum Gasteiger partial charge on any atom is 0.129 e. The van der Waals surface area contributed by atoms with Gasteiger partial charge in [0.1, 0.15) is 5.84 Å². The quantitative estimate of drug-likeness (QED) is 0.613. The molecule has 0 saturated carbocycles. The molecule has 1 aromatic heterocycles. The standard InChI is InChI=1S/C19H18N2S2.ClH/c22-17(15-8-3-6-13-5-1-2-7-14(13)15)18-16(9-12-23-18)19-20-10-4-11-21-19;/h1-3,5-9,12,17,22H,4,10-11H2,(H,20,21);1H. The zero-order chi connectivity index (χ0) is 15.6. The lowest BCUT2D eigenvalue weighted by Crippen LogP contribution is -2.30. The molecule has 0 saturated heterocycles. The van der Waals surface area contributed by atoms with Crippen LogP contribution in [0.5, 0.6) is 0 Å². The fourth-order valence-corrected chi connectivity index (χ4v) is 4.52. The molecule has 4 rings (SSSR count). The van der Waals surface area contributed by atoms with E-state index in [0.717, 1.165) is 25.3 Å². The average Bonchev–Trinajstić information content (AvgIpc) is 3.11. The van der Waals surface area contributed by atoms with Crippen LogP contribution in [-0.4, -0.2) is 18.9 Å². The van der Waals surface area contributed by atoms with Gasteiger partial charge in [-0.25, -0.2) is 0 Å². The number of thiol groups is 1. The smallest absolute Gasteiger partial charge is 0.129 e. The summed E-state index contributed by atoms with van der Waals surface area (Å²) in [6.07, 6.45) is 1.11. The topological polar surface area (TPSA) is 24.4 Å². The molecule has 0 bridgehead atoms. The van der Waals surface area contributed by atoms with Crippen molar-refractivity contribution in [3.05, 3.63) is 69.9 Å². The molecule has 1 N–H and O–H groups in total. The van der Waals surface area contributed by atoms with E-state index in [4.69, 9.17) is 12.6 Å². The SMILES string of the molecule is Cl.SC(c1sccc1C1=NCCCN1)c1cccc2ccccc12. The van der Waals surface area contributed by atoms with E-state index in [-0.39, 0.29) is 17.7 Å². The van der Waals surface area contributed by atoms with Crippen molar-refractivity contribution in [3.63, 3.8) is 0 Å². The first-order valence-electron chi connectivity index (χ1n) is 7.86. The van der Waals surface area contributed by atoms with Crippen molar-refractivity contribution in [2.45, 2.75) is 11.7 Å². The molecule has 0 radical (unpaired) electrons. The molecule has 2 heterocycles. The number of hydrogen-bond acceptors (Lipinski definition) is 4. The van der Waals surface area contributed by atoms with Crippen molar-refractivity contribution >= 4 is 53.0 Å². The second-order valence-corrected chi connectivity index (χ2v) is 7.14. The lowest BCUT2D eigenvalue weighted by Gasteiger charge is -2.18. The monoisotopic (exact) mass is 374 g/mol. The van der Waals surface area contributed by atoms with Crippen LogP contribution < -0.4 is 5.32 Å². The largest absolute Gasteiger partial charge is 0.370 e. The normalized spacial score (nSPS) is 15.3. The highest BCUT2D eigenvalue weighted by molar-refractivity contribution is 7.81. The highest BCUT2D eigenvalue weighted by Crippen LogP contribution is 2.38. The molecule has 1 unspecified atom stereocenters. The Kier molecular flexibility index (Phi) is 5.49. The third-order valence-electron chi connectivity index (χ3n) is 4.21. The minimum absolute atomic E-state index is 0. The summed E-state index contributed by atoms with van der Waals surface area (Å²) in [6.45, 7) is 1.91. The van der Waals surface area contributed by atoms with Crippen molar-refractivity contribution < 1.29 is 0 Å². The number of amidine groups is 1. The third-order valence-corrected chi connectivity index (χ3v) is 5.91. The van der Waals surface area contributed by atoms with E-state index in [9.17, 15) is 0 Å². The summed E-state index contributed by atoms with van der Waals surface area (Å²) in [5, 5.41) is 8.15. The van der Waals surface area contributed by atoms with Crippen LogP contribution >= 0.6 is 36.4 Å². The molecular weight excluding hydrogens is 356 g/mol. The lowest BCUT2D eigenvalue weighted by atomic mass is 9.99. The number of rotatable bonds is 3. The summed E-state index contributed by atoms with van der Waals surface area (Å²) in [7, 11) is 0. The number of benzene rings is 2. The van der Waals surface area contributed by atoms with Crippen molar-refractivity contribution in [2.75, 3.05) is 13.1 Å². The molecule has 124 valence electrons. The third kappa shape index (κ3) is 3.18. The molecule has 3 aromatic rings. The summed E-state index contributed by atoms with van der Waals surface area (Å²) in [6, 6.07) is 17.1. The summed E-state index contributed by atoms with van der Waals surface area (Å²) in [5.41, 5.74) is 2.45. The minimum atomic E-state index is 0. The predicted octanol–water partition coefficient (Wildman–Crippen LogP) is 5.08. The van der Waals surface area contributed by atoms with Crippen LogP contribution in [-0.2, 0) is 0 Å². The van der Waals surface area contributed by atoms with Gasteiger partial charge in [-0.15, -0.1) is 23.7 Å². The molecule has 0 spiro atoms. The average molecular weight is 375 g/mol. The molecule has 2 aromatic carbocycles. The van der Waals surface area contributed by atoms with E-state index in [2.05, 4.69) is 64.2 Å². The van der Waals surface area contributed by atoms with Crippen LogP contribution in [0.1, 0.15) is 27.7 Å². The van der Waals surface area contributed by atoms with E-state index < -0.39 is 0 Å². The van der Waals surface area contributed by atoms with Crippen molar-refractivity contribution in [1.82, 2.24) is 5.32 Å². The van der Waals surface area contributed by atoms with Crippen molar-refractivity contribution in [3.8, 4) is 0 Å². The molecule has 0 aliphatic carbocycles. The molecule has 2 nitrogen and oxygen atoms in total. The van der Waals surface area contributed by atoms with Gasteiger partial charge >= 0.3 is 0 Å². The Balaban J connectivity index is 0.00000169. The molecule has 5 heteroatoms. The molecular formula is C19H19ClN2S2. The number of thiophene rings is 1. The lowest BCUT2D eigenvalue weighted by molar-refractivity contribution is 0.742. The summed E-state index contributed by atoms with van der Waals surface area (Å²) < 4.78 is 0. The first kappa shape index (κ1) is 17.3. The van der Waals surface area contributed by atoms with Crippen molar-refractivity contribution in [2.24, 2.45) is 4.99 Å². The Hall–Kier alpha value is -1.49. The van der Waals surface area contributed by atoms with Gasteiger partial charge in [0.2, 0.25) is 0 Å². The Bertz CT molecular complexity index is 867. The predicted molar refractivity (Wildman–Crippen MR) is 110 cm³/mol. The molecule has 0 fully saturated rings. The zero-order valence-electron chi connectivity index (χ0n) is 13.1. The summed E-state index contributed by atoms with van der Waals surface area (Å²) in [5.74, 6) is 1.02. The molecule has 24 heavy (non-hydrogen) atoms. The van der Waals surface area contributed by atoms with Gasteiger partial charge in [-0.3, -0.25) is 4.99 Å². The molecule has 1 atom stereocenters. The van der Waals surface area contributed by atoms with Gasteiger partial charge in [0, 0.05) is 23.5 Å². The van der Waals surface area contributed by atoms with Gasteiger partial charge in [0.05, 0.1) is 5.25 Å². The number of halogens is 1. The number of nitrogens with zero attached hydrogens (tertiary/aromatic N) is 1. The first-order chi connectivity index (χ1) is 11.3. The van der Waals surface area contributed by atoms with Gasteiger partial charge in [-0.05, 0) is 34.2 Å². The van der Waals surface area contributed by atoms with E-state index in [0.29, 0.717) is 0 Å². The van der Waals surface area contributed by atoms with Crippen LogP contribution in [0.2, 0.25) is 0 Å². The van der Waals surface area contributed by atoms with Crippen LogP contribution in [0.25, 0.3) is 10.8 Å². The highest BCUT2D eigenvalue weighted by Gasteiger charge is 2.20. The summed E-state index contributed by atoms with van der Waals surface area (Å²) >= 11 is 6.73. The molecule has 0 amide bonds. The Morgan fingerprint density at radius 3 is 2.75 bits per heavy atom. The fraction of sp³-hybridized carbons (Fsp3) is 0.211. The van der Waals surface area contributed by atoms with Gasteiger partial charge in [-0.1, -0.05) is 42.5 Å². The fourth-order valence-electron chi connectivity index (χ4n) is 3.07. The molecule has 1 aliphatic heterocycles. The summed E-state index contributed by atoms with van der Waals surface area (Å²) in [4.78, 5) is 5.91. The van der Waals surface area contributed by atoms with Gasteiger partial charge in [0.25, 0.3) is 0 Å². The van der Waals surface area contributed by atoms with Crippen molar-refractivity contribution in [1.29, 1.82) is 0 Å². The second kappa shape index (κ2) is 7.60. The molecule has 1 aliphatic rings. The van der Waals surface area contributed by atoms with Crippen LogP contribution in [0, 0.1) is 0 Å². The highest BCUT2D eigenvalue weighted by atomic mass is 35.5. The zero-order valence-corrected chi connectivity index (χ0v) is 15.6. The number of aliphatic imine (C=N–C) groups is 1. The first-order valence-corrected chi connectivity index (χ1v) is 9.26. The second-order valence-electron chi connectivity index (χ2n) is 5.68. The number of hydrogen-bond donors (Lipinski definition) is 2. The Labute approximate surface area is 157 Å².